The number of anilines is 1. The lowest BCUT2D eigenvalue weighted by Gasteiger charge is -2.38. The van der Waals surface area contributed by atoms with Gasteiger partial charge in [0.2, 0.25) is 0 Å². The summed E-state index contributed by atoms with van der Waals surface area (Å²) in [6.45, 7) is 12.4. The number of imidazole rings is 1. The minimum Gasteiger partial charge on any atom is -0.507 e. The van der Waals surface area contributed by atoms with Crippen molar-refractivity contribution >= 4 is 50.8 Å². The summed E-state index contributed by atoms with van der Waals surface area (Å²) in [5, 5.41) is 59.2. The van der Waals surface area contributed by atoms with Crippen molar-refractivity contribution in [3.63, 3.8) is 0 Å². The van der Waals surface area contributed by atoms with E-state index in [1.165, 1.54) is 46.3 Å². The van der Waals surface area contributed by atoms with Gasteiger partial charge in [-0.25, -0.2) is 4.98 Å². The van der Waals surface area contributed by atoms with Crippen LogP contribution in [0.2, 0.25) is 0 Å². The van der Waals surface area contributed by atoms with Gasteiger partial charge in [-0.3, -0.25) is 18.8 Å². The summed E-state index contributed by atoms with van der Waals surface area (Å²) in [5.41, 5.74) is 1.37. The maximum atomic E-state index is 14.6. The van der Waals surface area contributed by atoms with E-state index in [2.05, 4.69) is 5.32 Å². The highest BCUT2D eigenvalue weighted by molar-refractivity contribution is 6.28. The average Bonchev–Trinajstić information content (AvgIpc) is 3.70. The predicted molar refractivity (Wildman–Crippen MR) is 214 cm³/mol. The minimum atomic E-state index is -1.99. The third-order valence-corrected chi connectivity index (χ3v) is 11.6. The second kappa shape index (κ2) is 16.0. The number of aromatic hydroxyl groups is 2. The van der Waals surface area contributed by atoms with Crippen molar-refractivity contribution in [2.24, 2.45) is 23.7 Å². The van der Waals surface area contributed by atoms with Crippen LogP contribution < -0.4 is 10.1 Å². The van der Waals surface area contributed by atoms with Gasteiger partial charge in [0.1, 0.15) is 40.0 Å². The van der Waals surface area contributed by atoms with E-state index >= 15 is 0 Å². The first-order valence-electron chi connectivity index (χ1n) is 19.1. The molecule has 0 saturated heterocycles. The molecular formula is C43H51N3O12. The van der Waals surface area contributed by atoms with Crippen LogP contribution in [0.4, 0.5) is 5.69 Å². The average molecular weight is 802 g/mol. The van der Waals surface area contributed by atoms with Crippen LogP contribution in [-0.2, 0) is 30.4 Å². The summed E-state index contributed by atoms with van der Waals surface area (Å²) in [6.07, 6.45) is 5.33. The zero-order valence-corrected chi connectivity index (χ0v) is 33.9. The van der Waals surface area contributed by atoms with Crippen LogP contribution in [-0.4, -0.2) is 89.9 Å². The number of benzene rings is 2. The quantitative estimate of drug-likeness (QED) is 0.114. The highest BCUT2D eigenvalue weighted by atomic mass is 16.7. The third kappa shape index (κ3) is 7.16. The molecule has 1 amide bonds. The third-order valence-electron chi connectivity index (χ3n) is 11.6. The molecule has 58 heavy (non-hydrogen) atoms. The van der Waals surface area contributed by atoms with Crippen molar-refractivity contribution < 1.29 is 58.9 Å². The number of allylic oxidation sites excluding steroid dienone is 2. The van der Waals surface area contributed by atoms with Crippen molar-refractivity contribution in [2.45, 2.75) is 92.2 Å². The number of carbonyl (C=O) groups excluding carboxylic acids is 3. The topological polar surface area (TPSA) is 219 Å². The normalized spacial score (nSPS) is 30.5. The number of hydrogen-bond acceptors (Lipinski definition) is 13. The first-order chi connectivity index (χ1) is 27.4. The van der Waals surface area contributed by atoms with Crippen molar-refractivity contribution in [1.82, 2.24) is 9.38 Å². The molecule has 0 spiro atoms. The van der Waals surface area contributed by atoms with Gasteiger partial charge in [-0.1, -0.05) is 45.9 Å². The molecule has 6 N–H and O–H groups in total. The molecule has 2 aliphatic heterocycles. The van der Waals surface area contributed by atoms with E-state index in [0.717, 1.165) is 0 Å². The number of nitrogens with one attached hydrogen (secondary N) is 1. The van der Waals surface area contributed by atoms with Gasteiger partial charge in [0.05, 0.1) is 42.1 Å². The Morgan fingerprint density at radius 2 is 1.72 bits per heavy atom. The molecule has 4 bridgehead atoms. The lowest BCUT2D eigenvalue weighted by molar-refractivity contribution is -0.160. The number of methoxy groups -OCH3 is 1. The monoisotopic (exact) mass is 801 g/mol. The minimum absolute atomic E-state index is 0.00694. The zero-order chi connectivity index (χ0) is 42.5. The Bertz CT molecular complexity index is 2400. The van der Waals surface area contributed by atoms with Crippen LogP contribution in [0.25, 0.3) is 27.5 Å². The molecule has 4 aromatic rings. The Hall–Kier alpha value is -5.48. The highest BCUT2D eigenvalue weighted by Crippen LogP contribution is 2.54. The van der Waals surface area contributed by atoms with E-state index in [1.54, 1.807) is 69.5 Å². The van der Waals surface area contributed by atoms with E-state index in [-0.39, 0.29) is 56.5 Å². The summed E-state index contributed by atoms with van der Waals surface area (Å²) in [5.74, 6) is -7.26. The lowest BCUT2D eigenvalue weighted by Crippen LogP contribution is -2.46. The summed E-state index contributed by atoms with van der Waals surface area (Å²) < 4.78 is 25.4. The fraction of sp³-hybridized carbons (Fsp3) is 0.442. The fourth-order valence-electron chi connectivity index (χ4n) is 8.07. The predicted octanol–water partition coefficient (Wildman–Crippen LogP) is 5.34. The number of fused-ring (bicyclic) bond motifs is 2. The van der Waals surface area contributed by atoms with Crippen LogP contribution in [0.5, 0.6) is 17.2 Å². The van der Waals surface area contributed by atoms with Crippen LogP contribution >= 0.6 is 0 Å². The Kier molecular flexibility index (Phi) is 11.7. The molecule has 15 heteroatoms. The number of ketones is 1. The van der Waals surface area contributed by atoms with Gasteiger partial charge in [-0.2, -0.15) is 0 Å². The molecule has 0 fully saturated rings. The molecule has 15 nitrogen and oxygen atoms in total. The number of pyridine rings is 1. The molecule has 0 saturated carbocycles. The number of aromatic nitrogens is 2. The van der Waals surface area contributed by atoms with E-state index in [1.807, 2.05) is 0 Å². The van der Waals surface area contributed by atoms with E-state index in [9.17, 15) is 39.9 Å². The molecule has 310 valence electrons. The number of aliphatic hydroxyl groups excluding tert-OH is 3. The van der Waals surface area contributed by atoms with Gasteiger partial charge in [-0.15, -0.1) is 0 Å². The van der Waals surface area contributed by atoms with Gasteiger partial charge >= 0.3 is 11.8 Å². The lowest BCUT2D eigenvalue weighted by atomic mass is 9.78. The van der Waals surface area contributed by atoms with E-state index in [4.69, 9.17) is 23.9 Å². The number of ether oxygens (including phenoxy) is 4. The number of esters is 1. The van der Waals surface area contributed by atoms with Gasteiger partial charge < -0.3 is 49.8 Å². The molecule has 9 atom stereocenters. The maximum absolute atomic E-state index is 14.6. The van der Waals surface area contributed by atoms with E-state index < -0.39 is 83.0 Å². The summed E-state index contributed by atoms with van der Waals surface area (Å²) >= 11 is 0. The fourth-order valence-corrected chi connectivity index (χ4v) is 8.07. The molecule has 0 unspecified atom stereocenters. The smallest absolute Gasteiger partial charge is 0.312 e. The molecule has 0 aliphatic carbocycles. The molecule has 2 aromatic carbocycles. The molecule has 6 rings (SSSR count). The largest absolute Gasteiger partial charge is 0.507 e. The number of phenolic OH excluding ortho intramolecular Hbond substituents is 2. The number of phenols is 2. The SMILES string of the molecule is CO[C@H]1/C=C/O[C@@]2(C)Oc3c(C)c(O)c4c(O)c(c5c(nc6cc(CO)ccn65)c4c3C2=O)NC(=O)/C(C)=C\C=C\[C@H](C)[C@H](O)[C@@H](C)[C@@H](O)[C@@H](C)[C@H](OC(C)=O)[C@@H]1C. The van der Waals surface area contributed by atoms with Crippen LogP contribution in [0, 0.1) is 30.6 Å². The number of rotatable bonds is 3. The Morgan fingerprint density at radius 1 is 1.02 bits per heavy atom. The van der Waals surface area contributed by atoms with Crippen molar-refractivity contribution in [1.29, 1.82) is 0 Å². The number of aliphatic hydroxyl groups is 3. The van der Waals surface area contributed by atoms with E-state index in [0.29, 0.717) is 11.2 Å². The van der Waals surface area contributed by atoms with Gasteiger partial charge in [0.15, 0.2) is 5.75 Å². The van der Waals surface area contributed by atoms with Gasteiger partial charge in [0.25, 0.3) is 11.7 Å². The number of nitrogens with zero attached hydrogens (tertiary/aromatic N) is 2. The van der Waals surface area contributed by atoms with Crippen LogP contribution in [0.3, 0.4) is 0 Å². The number of hydrogen-bond donors (Lipinski definition) is 6. The molecule has 4 heterocycles. The second-order valence-corrected chi connectivity index (χ2v) is 15.6. The summed E-state index contributed by atoms with van der Waals surface area (Å²) in [7, 11) is 1.45. The van der Waals surface area contributed by atoms with Gasteiger partial charge in [-0.05, 0) is 37.6 Å². The number of Topliss-reactive ketones (excluding diaryl/α,β-unsaturated/α-hetero) is 1. The second-order valence-electron chi connectivity index (χ2n) is 15.6. The summed E-state index contributed by atoms with van der Waals surface area (Å²) in [6, 6.07) is 3.25. The Morgan fingerprint density at radius 3 is 2.38 bits per heavy atom. The number of amides is 1. The first kappa shape index (κ1) is 42.1. The van der Waals surface area contributed by atoms with Crippen LogP contribution in [0.15, 0.2) is 54.5 Å². The Balaban J connectivity index is 1.58. The maximum Gasteiger partial charge on any atom is 0.312 e. The zero-order valence-electron chi connectivity index (χ0n) is 33.9. The molecule has 0 radical (unpaired) electrons. The van der Waals surface area contributed by atoms with Crippen LogP contribution in [0.1, 0.15) is 70.0 Å². The Labute approximate surface area is 335 Å². The highest BCUT2D eigenvalue weighted by Gasteiger charge is 2.50. The molecule has 2 aliphatic rings. The summed E-state index contributed by atoms with van der Waals surface area (Å²) in [4.78, 5) is 45.5. The standard InChI is InChI=1S/C43H51N3O12/c1-19-11-10-12-20(2)42(54)45-33-34-32(44-28-17-26(18-47)13-15-46(28)34)29-30(38(33)52)37(51)24(6)40-31(29)41(53)43(8,58-40)56-16-14-27(55-9)21(3)39(57-25(7)48)23(5)36(50)22(4)35(19)49/h10-17,19,21-23,27,35-36,39,47,49-52H,18H2,1-9H3,(H,45,54)/b11-10+,16-14+,20-12-/t19-,21+,22+,23+,27-,35-,36+,39+,43-/m0/s1. The first-order valence-corrected chi connectivity index (χ1v) is 19.1. The van der Waals surface area contributed by atoms with Crippen molar-refractivity contribution in [3.8, 4) is 17.2 Å². The number of carbonyl (C=O) groups is 3. The van der Waals surface area contributed by atoms with Crippen molar-refractivity contribution in [2.75, 3.05) is 12.4 Å². The van der Waals surface area contributed by atoms with Crippen molar-refractivity contribution in [3.05, 3.63) is 71.2 Å². The molecule has 2 aromatic heterocycles. The molecular weight excluding hydrogens is 750 g/mol. The van der Waals surface area contributed by atoms with Gasteiger partial charge in [0, 0.05) is 67.3 Å².